The number of pyridine rings is 1. The van der Waals surface area contributed by atoms with E-state index in [4.69, 9.17) is 16.9 Å². The van der Waals surface area contributed by atoms with Crippen molar-refractivity contribution in [1.82, 2.24) is 4.98 Å². The molecule has 0 atom stereocenters. The molecule has 96 valence electrons. The summed E-state index contributed by atoms with van der Waals surface area (Å²) in [5.41, 5.74) is 0.498. The van der Waals surface area contributed by atoms with Gasteiger partial charge in [0.15, 0.2) is 0 Å². The van der Waals surface area contributed by atoms with E-state index in [1.54, 1.807) is 12.3 Å². The van der Waals surface area contributed by atoms with Crippen LogP contribution in [0.1, 0.15) is 25.8 Å². The average Bonchev–Trinajstić information content (AvgIpc) is 2.51. The number of anilines is 1. The number of nitrogens with zero attached hydrogens (tertiary/aromatic N) is 3. The number of hydrogen-bond donors (Lipinski definition) is 0. The van der Waals surface area contributed by atoms with Crippen LogP contribution in [-0.4, -0.2) is 28.6 Å². The van der Waals surface area contributed by atoms with Crippen LogP contribution in [0, 0.1) is 11.3 Å². The van der Waals surface area contributed by atoms with E-state index < -0.39 is 0 Å². The molecule has 18 heavy (non-hydrogen) atoms. The van der Waals surface area contributed by atoms with Crippen LogP contribution >= 0.6 is 23.4 Å². The van der Waals surface area contributed by atoms with Gasteiger partial charge in [-0.25, -0.2) is 4.98 Å². The van der Waals surface area contributed by atoms with Crippen molar-refractivity contribution in [3.05, 3.63) is 22.8 Å². The van der Waals surface area contributed by atoms with Gasteiger partial charge >= 0.3 is 0 Å². The fourth-order valence-corrected chi connectivity index (χ4v) is 3.35. The maximum atomic E-state index is 9.00. The molecular formula is C13H16ClN3S. The Morgan fingerprint density at radius 1 is 1.50 bits per heavy atom. The van der Waals surface area contributed by atoms with Crippen molar-refractivity contribution in [3.8, 4) is 6.07 Å². The smallest absolute Gasteiger partial charge is 0.148 e. The fourth-order valence-electron chi connectivity index (χ4n) is 1.97. The quantitative estimate of drug-likeness (QED) is 0.792. The van der Waals surface area contributed by atoms with Crippen molar-refractivity contribution in [1.29, 1.82) is 5.26 Å². The largest absolute Gasteiger partial charge is 0.354 e. The van der Waals surface area contributed by atoms with Gasteiger partial charge in [-0.1, -0.05) is 25.4 Å². The van der Waals surface area contributed by atoms with Gasteiger partial charge in [-0.05, 0) is 12.5 Å². The van der Waals surface area contributed by atoms with Gasteiger partial charge in [0.2, 0.25) is 0 Å². The average molecular weight is 282 g/mol. The highest BCUT2D eigenvalue weighted by Gasteiger charge is 2.25. The van der Waals surface area contributed by atoms with Crippen LogP contribution in [0.3, 0.4) is 0 Å². The lowest BCUT2D eigenvalue weighted by Crippen LogP contribution is -2.28. The van der Waals surface area contributed by atoms with Crippen molar-refractivity contribution in [2.45, 2.75) is 25.0 Å². The Hall–Kier alpha value is -0.920. The zero-order valence-corrected chi connectivity index (χ0v) is 12.2. The third-order valence-corrected chi connectivity index (χ3v) is 4.87. The first-order valence-electron chi connectivity index (χ1n) is 5.97. The molecule has 3 nitrogen and oxygen atoms in total. The Morgan fingerprint density at radius 3 is 3.00 bits per heavy atom. The Kier molecular flexibility index (Phi) is 4.04. The highest BCUT2D eigenvalue weighted by Crippen LogP contribution is 2.34. The monoisotopic (exact) mass is 281 g/mol. The van der Waals surface area contributed by atoms with Crippen molar-refractivity contribution in [3.63, 3.8) is 0 Å². The minimum Gasteiger partial charge on any atom is -0.354 e. The Balaban J connectivity index is 2.25. The summed E-state index contributed by atoms with van der Waals surface area (Å²) >= 11 is 8.21. The van der Waals surface area contributed by atoms with Crippen molar-refractivity contribution in [2.75, 3.05) is 23.7 Å². The van der Waals surface area contributed by atoms with E-state index in [9.17, 15) is 0 Å². The maximum Gasteiger partial charge on any atom is 0.148 e. The van der Waals surface area contributed by atoms with E-state index in [0.29, 0.717) is 15.3 Å². The first kappa shape index (κ1) is 13.5. The Morgan fingerprint density at radius 2 is 2.28 bits per heavy atom. The number of halogens is 1. The van der Waals surface area contributed by atoms with Gasteiger partial charge in [-0.2, -0.15) is 17.0 Å². The molecule has 1 aromatic rings. The standard InChI is InChI=1S/C13H16ClN3S/c1-13(2)4-6-17(7-8-18-13)12-11(14)10(9-15)3-5-16-12/h3,5H,4,6-8H2,1-2H3. The van der Waals surface area contributed by atoms with Crippen LogP contribution in [0.25, 0.3) is 0 Å². The van der Waals surface area contributed by atoms with E-state index in [2.05, 4.69) is 29.8 Å². The molecule has 2 heterocycles. The van der Waals surface area contributed by atoms with Crippen LogP contribution in [0.5, 0.6) is 0 Å². The molecule has 5 heteroatoms. The summed E-state index contributed by atoms with van der Waals surface area (Å²) in [4.78, 5) is 6.52. The van der Waals surface area contributed by atoms with E-state index in [1.807, 2.05) is 11.8 Å². The molecule has 1 fully saturated rings. The molecule has 1 aromatic heterocycles. The van der Waals surface area contributed by atoms with Crippen LogP contribution in [0.15, 0.2) is 12.3 Å². The topological polar surface area (TPSA) is 39.9 Å². The van der Waals surface area contributed by atoms with Gasteiger partial charge < -0.3 is 4.90 Å². The molecule has 1 aliphatic heterocycles. The number of thioether (sulfide) groups is 1. The molecule has 1 saturated heterocycles. The minimum atomic E-state index is 0.300. The second kappa shape index (κ2) is 5.38. The van der Waals surface area contributed by atoms with Gasteiger partial charge in [0.05, 0.1) is 5.56 Å². The van der Waals surface area contributed by atoms with Gasteiger partial charge in [-0.15, -0.1) is 0 Å². The summed E-state index contributed by atoms with van der Waals surface area (Å²) in [6.45, 7) is 6.39. The highest BCUT2D eigenvalue weighted by atomic mass is 35.5. The molecule has 0 spiro atoms. The predicted octanol–water partition coefficient (Wildman–Crippen LogP) is 3.33. The lowest BCUT2D eigenvalue weighted by molar-refractivity contribution is 0.635. The molecule has 0 N–H and O–H groups in total. The highest BCUT2D eigenvalue weighted by molar-refractivity contribution is 8.00. The lowest BCUT2D eigenvalue weighted by Gasteiger charge is -2.24. The van der Waals surface area contributed by atoms with Gasteiger partial charge in [0.1, 0.15) is 16.9 Å². The predicted molar refractivity (Wildman–Crippen MR) is 77.3 cm³/mol. The van der Waals surface area contributed by atoms with E-state index in [1.165, 1.54) is 0 Å². The first-order valence-corrected chi connectivity index (χ1v) is 7.33. The van der Waals surface area contributed by atoms with Gasteiger partial charge in [-0.3, -0.25) is 0 Å². The molecule has 0 aromatic carbocycles. The second-order valence-corrected chi connectivity index (χ2v) is 7.13. The van der Waals surface area contributed by atoms with E-state index in [-0.39, 0.29) is 0 Å². The second-order valence-electron chi connectivity index (χ2n) is 4.95. The van der Waals surface area contributed by atoms with Crippen molar-refractivity contribution >= 4 is 29.2 Å². The third-order valence-electron chi connectivity index (χ3n) is 3.13. The number of hydrogen-bond acceptors (Lipinski definition) is 4. The van der Waals surface area contributed by atoms with Crippen LogP contribution in [0.2, 0.25) is 5.02 Å². The Bertz CT molecular complexity index is 482. The number of rotatable bonds is 1. The zero-order valence-electron chi connectivity index (χ0n) is 10.6. The van der Waals surface area contributed by atoms with E-state index in [0.717, 1.165) is 31.1 Å². The SMILES string of the molecule is CC1(C)CCN(c2nccc(C#N)c2Cl)CCS1. The minimum absolute atomic E-state index is 0.300. The summed E-state index contributed by atoms with van der Waals surface area (Å²) < 4.78 is 0.300. The molecule has 1 aliphatic rings. The van der Waals surface area contributed by atoms with Crippen LogP contribution in [0.4, 0.5) is 5.82 Å². The normalized spacial score (nSPS) is 19.1. The summed E-state index contributed by atoms with van der Waals surface area (Å²) in [6, 6.07) is 3.76. The van der Waals surface area contributed by atoms with Crippen LogP contribution in [-0.2, 0) is 0 Å². The molecular weight excluding hydrogens is 266 g/mol. The van der Waals surface area contributed by atoms with Gasteiger partial charge in [0.25, 0.3) is 0 Å². The lowest BCUT2D eigenvalue weighted by atomic mass is 10.1. The molecule has 0 saturated carbocycles. The van der Waals surface area contributed by atoms with Gasteiger partial charge in [0, 0.05) is 29.8 Å². The molecule has 0 aliphatic carbocycles. The molecule has 0 amide bonds. The number of aromatic nitrogens is 1. The summed E-state index contributed by atoms with van der Waals surface area (Å²) in [7, 11) is 0. The maximum absolute atomic E-state index is 9.00. The summed E-state index contributed by atoms with van der Waals surface area (Å²) in [5.74, 6) is 1.80. The third kappa shape index (κ3) is 2.90. The van der Waals surface area contributed by atoms with Crippen LogP contribution < -0.4 is 4.90 Å². The first-order chi connectivity index (χ1) is 8.53. The zero-order chi connectivity index (χ0) is 13.2. The molecule has 0 radical (unpaired) electrons. The van der Waals surface area contributed by atoms with Crippen molar-refractivity contribution < 1.29 is 0 Å². The van der Waals surface area contributed by atoms with Crippen molar-refractivity contribution in [2.24, 2.45) is 0 Å². The Labute approximate surface area is 117 Å². The van der Waals surface area contributed by atoms with E-state index >= 15 is 0 Å². The molecule has 0 bridgehead atoms. The number of nitriles is 1. The molecule has 0 unspecified atom stereocenters. The summed E-state index contributed by atoms with van der Waals surface area (Å²) in [5, 5.41) is 9.47. The summed E-state index contributed by atoms with van der Waals surface area (Å²) in [6.07, 6.45) is 2.75. The fraction of sp³-hybridized carbons (Fsp3) is 0.538. The molecule has 2 rings (SSSR count).